The monoisotopic (exact) mass is 366 g/mol. The number of hydrogen-bond donors (Lipinski definition) is 1. The second-order valence-corrected chi connectivity index (χ2v) is 7.71. The highest BCUT2D eigenvalue weighted by Gasteiger charge is 2.27. The van der Waals surface area contributed by atoms with Crippen molar-refractivity contribution in [1.29, 1.82) is 0 Å². The maximum absolute atomic E-state index is 9.88. The highest BCUT2D eigenvalue weighted by molar-refractivity contribution is 5.41. The molecule has 0 bridgehead atoms. The SMILES string of the molecule is CCOc1cc(CN2CCN(C3CCc4ccccc4C3)CC2)ccc1O. The summed E-state index contributed by atoms with van der Waals surface area (Å²) in [5.41, 5.74) is 4.30. The number of phenols is 1. The maximum Gasteiger partial charge on any atom is 0.161 e. The molecule has 0 aromatic heterocycles. The number of phenolic OH excluding ortho intramolecular Hbond substituents is 1. The number of aromatic hydroxyl groups is 1. The normalized spacial score (nSPS) is 21.0. The average Bonchev–Trinajstić information content (AvgIpc) is 2.71. The minimum Gasteiger partial charge on any atom is -0.504 e. The van der Waals surface area contributed by atoms with E-state index in [0.29, 0.717) is 18.4 Å². The summed E-state index contributed by atoms with van der Waals surface area (Å²) >= 11 is 0. The molecule has 27 heavy (non-hydrogen) atoms. The Morgan fingerprint density at radius 2 is 1.81 bits per heavy atom. The van der Waals surface area contributed by atoms with E-state index in [1.165, 1.54) is 24.8 Å². The number of benzene rings is 2. The van der Waals surface area contributed by atoms with E-state index in [1.807, 2.05) is 19.1 Å². The van der Waals surface area contributed by atoms with Crippen LogP contribution in [0, 0.1) is 0 Å². The van der Waals surface area contributed by atoms with E-state index in [2.05, 4.69) is 34.1 Å². The Kier molecular flexibility index (Phi) is 5.65. The first-order valence-corrected chi connectivity index (χ1v) is 10.2. The van der Waals surface area contributed by atoms with Gasteiger partial charge >= 0.3 is 0 Å². The molecule has 1 aliphatic carbocycles. The van der Waals surface area contributed by atoms with Gasteiger partial charge in [0.1, 0.15) is 0 Å². The van der Waals surface area contributed by atoms with Gasteiger partial charge in [-0.1, -0.05) is 30.3 Å². The van der Waals surface area contributed by atoms with Crippen molar-refractivity contribution in [2.24, 2.45) is 0 Å². The van der Waals surface area contributed by atoms with E-state index in [0.717, 1.165) is 32.7 Å². The quantitative estimate of drug-likeness (QED) is 0.879. The molecule has 1 fully saturated rings. The highest BCUT2D eigenvalue weighted by atomic mass is 16.5. The fourth-order valence-electron chi connectivity index (χ4n) is 4.46. The van der Waals surface area contributed by atoms with Crippen molar-refractivity contribution in [2.45, 2.75) is 38.8 Å². The summed E-state index contributed by atoms with van der Waals surface area (Å²) in [4.78, 5) is 5.20. The number of fused-ring (bicyclic) bond motifs is 1. The summed E-state index contributed by atoms with van der Waals surface area (Å²) in [6.45, 7) is 7.91. The molecule has 4 heteroatoms. The third-order valence-electron chi connectivity index (χ3n) is 5.97. The number of nitrogens with zero attached hydrogens (tertiary/aromatic N) is 2. The van der Waals surface area contributed by atoms with Crippen LogP contribution in [0.15, 0.2) is 42.5 Å². The predicted molar refractivity (Wildman–Crippen MR) is 108 cm³/mol. The van der Waals surface area contributed by atoms with Crippen LogP contribution < -0.4 is 4.74 Å². The van der Waals surface area contributed by atoms with Crippen molar-refractivity contribution in [3.8, 4) is 11.5 Å². The van der Waals surface area contributed by atoms with Crippen LogP contribution in [-0.2, 0) is 19.4 Å². The van der Waals surface area contributed by atoms with E-state index in [-0.39, 0.29) is 5.75 Å². The lowest BCUT2D eigenvalue weighted by Gasteiger charge is -2.41. The Morgan fingerprint density at radius 3 is 2.59 bits per heavy atom. The molecule has 1 heterocycles. The molecular weight excluding hydrogens is 336 g/mol. The van der Waals surface area contributed by atoms with Crippen LogP contribution >= 0.6 is 0 Å². The summed E-state index contributed by atoms with van der Waals surface area (Å²) in [5, 5.41) is 9.88. The minimum absolute atomic E-state index is 0.225. The molecule has 4 nitrogen and oxygen atoms in total. The van der Waals surface area contributed by atoms with Gasteiger partial charge in [0.15, 0.2) is 11.5 Å². The van der Waals surface area contributed by atoms with Crippen molar-refractivity contribution in [3.05, 3.63) is 59.2 Å². The van der Waals surface area contributed by atoms with Gasteiger partial charge in [0.2, 0.25) is 0 Å². The molecule has 2 aromatic carbocycles. The van der Waals surface area contributed by atoms with Gasteiger partial charge in [0, 0.05) is 38.8 Å². The van der Waals surface area contributed by atoms with E-state index in [1.54, 1.807) is 17.2 Å². The van der Waals surface area contributed by atoms with E-state index < -0.39 is 0 Å². The molecule has 2 aliphatic rings. The number of rotatable bonds is 5. The first kappa shape index (κ1) is 18.3. The van der Waals surface area contributed by atoms with Crippen molar-refractivity contribution in [2.75, 3.05) is 32.8 Å². The summed E-state index contributed by atoms with van der Waals surface area (Å²) in [6.07, 6.45) is 3.70. The molecule has 0 spiro atoms. The maximum atomic E-state index is 9.88. The lowest BCUT2D eigenvalue weighted by molar-refractivity contribution is 0.0856. The zero-order chi connectivity index (χ0) is 18.6. The first-order chi connectivity index (χ1) is 13.2. The topological polar surface area (TPSA) is 35.9 Å². The fourth-order valence-corrected chi connectivity index (χ4v) is 4.46. The summed E-state index contributed by atoms with van der Waals surface area (Å²) in [6, 6.07) is 15.4. The first-order valence-electron chi connectivity index (χ1n) is 10.2. The molecule has 0 radical (unpaired) electrons. The molecule has 1 saturated heterocycles. The molecule has 0 amide bonds. The zero-order valence-electron chi connectivity index (χ0n) is 16.2. The highest BCUT2D eigenvalue weighted by Crippen LogP contribution is 2.28. The van der Waals surface area contributed by atoms with Gasteiger partial charge in [-0.2, -0.15) is 0 Å². The fraction of sp³-hybridized carbons (Fsp3) is 0.478. The van der Waals surface area contributed by atoms with E-state index >= 15 is 0 Å². The van der Waals surface area contributed by atoms with Gasteiger partial charge < -0.3 is 9.84 Å². The zero-order valence-corrected chi connectivity index (χ0v) is 16.2. The molecule has 1 aliphatic heterocycles. The number of ether oxygens (including phenoxy) is 1. The molecular formula is C23H30N2O2. The summed E-state index contributed by atoms with van der Waals surface area (Å²) < 4.78 is 5.51. The van der Waals surface area contributed by atoms with Gasteiger partial charge in [0.25, 0.3) is 0 Å². The number of piperazine rings is 1. The molecule has 1 N–H and O–H groups in total. The lowest BCUT2D eigenvalue weighted by atomic mass is 9.87. The molecule has 2 aromatic rings. The van der Waals surface area contributed by atoms with Crippen molar-refractivity contribution in [1.82, 2.24) is 9.80 Å². The van der Waals surface area contributed by atoms with Crippen LogP contribution in [0.4, 0.5) is 0 Å². The average molecular weight is 367 g/mol. The minimum atomic E-state index is 0.225. The van der Waals surface area contributed by atoms with Gasteiger partial charge in [-0.15, -0.1) is 0 Å². The third-order valence-corrected chi connectivity index (χ3v) is 5.97. The van der Waals surface area contributed by atoms with E-state index in [9.17, 15) is 5.11 Å². The largest absolute Gasteiger partial charge is 0.504 e. The van der Waals surface area contributed by atoms with E-state index in [4.69, 9.17) is 4.74 Å². The van der Waals surface area contributed by atoms with Gasteiger partial charge in [-0.05, 0) is 55.0 Å². The van der Waals surface area contributed by atoms with Gasteiger partial charge in [0.05, 0.1) is 6.61 Å². The summed E-state index contributed by atoms with van der Waals surface area (Å²) in [5.74, 6) is 0.817. The number of aryl methyl sites for hydroxylation is 1. The number of hydrogen-bond acceptors (Lipinski definition) is 4. The Labute approximate surface area is 162 Å². The Bertz CT molecular complexity index is 769. The van der Waals surface area contributed by atoms with Crippen LogP contribution in [0.3, 0.4) is 0 Å². The smallest absolute Gasteiger partial charge is 0.161 e. The standard InChI is InChI=1S/C23H30N2O2/c1-2-27-23-15-18(7-10-22(23)26)17-24-11-13-25(14-12-24)21-9-8-19-5-3-4-6-20(19)16-21/h3-7,10,15,21,26H,2,8-9,11-14,16-17H2,1H3. The van der Waals surface area contributed by atoms with Gasteiger partial charge in [-0.25, -0.2) is 0 Å². The molecule has 1 atom stereocenters. The van der Waals surface area contributed by atoms with Crippen LogP contribution in [-0.4, -0.2) is 53.7 Å². The Balaban J connectivity index is 1.31. The van der Waals surface area contributed by atoms with Crippen molar-refractivity contribution >= 4 is 0 Å². The molecule has 4 rings (SSSR count). The molecule has 0 saturated carbocycles. The van der Waals surface area contributed by atoms with Crippen LogP contribution in [0.1, 0.15) is 30.0 Å². The molecule has 1 unspecified atom stereocenters. The third kappa shape index (κ3) is 4.28. The van der Waals surface area contributed by atoms with Crippen LogP contribution in [0.5, 0.6) is 11.5 Å². The lowest BCUT2D eigenvalue weighted by Crippen LogP contribution is -2.51. The van der Waals surface area contributed by atoms with Crippen LogP contribution in [0.25, 0.3) is 0 Å². The van der Waals surface area contributed by atoms with Crippen molar-refractivity contribution in [3.63, 3.8) is 0 Å². The second kappa shape index (κ2) is 8.32. The van der Waals surface area contributed by atoms with Gasteiger partial charge in [-0.3, -0.25) is 9.80 Å². The van der Waals surface area contributed by atoms with Crippen molar-refractivity contribution < 1.29 is 9.84 Å². The van der Waals surface area contributed by atoms with Crippen LogP contribution in [0.2, 0.25) is 0 Å². The Hall–Kier alpha value is -2.04. The second-order valence-electron chi connectivity index (χ2n) is 7.71. The summed E-state index contributed by atoms with van der Waals surface area (Å²) in [7, 11) is 0. The molecule has 144 valence electrons. The predicted octanol–water partition coefficient (Wildman–Crippen LogP) is 3.47. The Morgan fingerprint density at radius 1 is 1.04 bits per heavy atom.